The highest BCUT2D eigenvalue weighted by Gasteiger charge is 2.16. The molecule has 1 aromatic heterocycles. The molecule has 0 aliphatic rings. The summed E-state index contributed by atoms with van der Waals surface area (Å²) >= 11 is 0. The summed E-state index contributed by atoms with van der Waals surface area (Å²) in [5.41, 5.74) is 5.05. The first-order valence-corrected chi connectivity index (χ1v) is 9.83. The molecule has 2 aromatic carbocycles. The van der Waals surface area contributed by atoms with Crippen molar-refractivity contribution in [1.82, 2.24) is 9.97 Å². The van der Waals surface area contributed by atoms with Crippen molar-refractivity contribution in [2.24, 2.45) is 5.10 Å². The van der Waals surface area contributed by atoms with E-state index in [9.17, 15) is 13.5 Å². The number of sulfonamides is 1. The minimum atomic E-state index is -3.80. The maximum atomic E-state index is 12.5. The Hall–Kier alpha value is -3.46. The molecule has 8 nitrogen and oxygen atoms in total. The maximum Gasteiger partial charge on any atom is 0.264 e. The first kappa shape index (κ1) is 19.3. The van der Waals surface area contributed by atoms with Gasteiger partial charge >= 0.3 is 0 Å². The van der Waals surface area contributed by atoms with Crippen LogP contribution in [0.1, 0.15) is 16.8 Å². The van der Waals surface area contributed by atoms with Crippen molar-refractivity contribution < 1.29 is 13.5 Å². The smallest absolute Gasteiger partial charge is 0.264 e. The largest absolute Gasteiger partial charge is 0.508 e. The standard InChI is InChI=1S/C19H19N5O3S/c1-13-3-9-17(10-4-13)28(26,27)24-19-21-14(2)11-18(22-19)23-20-12-15-5-7-16(25)8-6-15/h3-12,25H,1-2H3,(H2,21,22,23,24)/b20-12-. The Morgan fingerprint density at radius 2 is 1.68 bits per heavy atom. The summed E-state index contributed by atoms with van der Waals surface area (Å²) in [6, 6.07) is 14.6. The molecule has 3 aromatic rings. The average molecular weight is 397 g/mol. The van der Waals surface area contributed by atoms with Crippen LogP contribution in [-0.4, -0.2) is 29.7 Å². The molecule has 144 valence electrons. The maximum absolute atomic E-state index is 12.5. The van der Waals surface area contributed by atoms with Crippen molar-refractivity contribution in [2.45, 2.75) is 18.7 Å². The summed E-state index contributed by atoms with van der Waals surface area (Å²) in [6.45, 7) is 3.60. The predicted octanol–water partition coefficient (Wildman–Crippen LogP) is 3.05. The number of hydrogen-bond acceptors (Lipinski definition) is 7. The fourth-order valence-corrected chi connectivity index (χ4v) is 3.25. The lowest BCUT2D eigenvalue weighted by atomic mass is 10.2. The lowest BCUT2D eigenvalue weighted by Crippen LogP contribution is -2.15. The van der Waals surface area contributed by atoms with Gasteiger partial charge in [-0.15, -0.1) is 0 Å². The lowest BCUT2D eigenvalue weighted by molar-refractivity contribution is 0.475. The molecule has 3 rings (SSSR count). The molecule has 0 spiro atoms. The van der Waals surface area contributed by atoms with Gasteiger partial charge in [-0.1, -0.05) is 17.7 Å². The fraction of sp³-hybridized carbons (Fsp3) is 0.105. The number of nitrogens with zero attached hydrogens (tertiary/aromatic N) is 3. The Morgan fingerprint density at radius 3 is 2.36 bits per heavy atom. The van der Waals surface area contributed by atoms with Gasteiger partial charge < -0.3 is 5.11 Å². The lowest BCUT2D eigenvalue weighted by Gasteiger charge is -2.09. The van der Waals surface area contributed by atoms with Crippen molar-refractivity contribution in [3.05, 3.63) is 71.4 Å². The molecule has 0 atom stereocenters. The van der Waals surface area contributed by atoms with Crippen LogP contribution in [0.25, 0.3) is 0 Å². The molecule has 0 fully saturated rings. The first-order valence-electron chi connectivity index (χ1n) is 8.35. The molecule has 28 heavy (non-hydrogen) atoms. The molecule has 0 amide bonds. The zero-order chi connectivity index (χ0) is 20.1. The predicted molar refractivity (Wildman–Crippen MR) is 108 cm³/mol. The van der Waals surface area contributed by atoms with E-state index in [1.807, 2.05) is 6.92 Å². The monoisotopic (exact) mass is 397 g/mol. The van der Waals surface area contributed by atoms with Crippen LogP contribution in [0.4, 0.5) is 11.8 Å². The molecule has 0 saturated carbocycles. The minimum Gasteiger partial charge on any atom is -0.508 e. The van der Waals surface area contributed by atoms with Gasteiger partial charge in [-0.2, -0.15) is 10.1 Å². The highest BCUT2D eigenvalue weighted by atomic mass is 32.2. The van der Waals surface area contributed by atoms with Crippen LogP contribution in [0, 0.1) is 13.8 Å². The highest BCUT2D eigenvalue weighted by Crippen LogP contribution is 2.16. The number of aryl methyl sites for hydroxylation is 2. The summed E-state index contributed by atoms with van der Waals surface area (Å²) in [5, 5.41) is 13.3. The molecule has 9 heteroatoms. The molecule has 0 aliphatic heterocycles. The molecule has 3 N–H and O–H groups in total. The van der Waals surface area contributed by atoms with Crippen molar-refractivity contribution in [1.29, 1.82) is 0 Å². The number of phenols is 1. The topological polar surface area (TPSA) is 117 Å². The van der Waals surface area contributed by atoms with Crippen molar-refractivity contribution >= 4 is 28.0 Å². The summed E-state index contributed by atoms with van der Waals surface area (Å²) in [6.07, 6.45) is 1.55. The number of rotatable bonds is 6. The van der Waals surface area contributed by atoms with Gasteiger partial charge in [-0.05, 0) is 55.8 Å². The molecule has 1 heterocycles. The quantitative estimate of drug-likeness (QED) is 0.435. The zero-order valence-corrected chi connectivity index (χ0v) is 16.1. The Morgan fingerprint density at radius 1 is 1.00 bits per heavy atom. The van der Waals surface area contributed by atoms with Gasteiger partial charge in [0.15, 0.2) is 5.82 Å². The van der Waals surface area contributed by atoms with Crippen LogP contribution in [0.2, 0.25) is 0 Å². The van der Waals surface area contributed by atoms with Crippen LogP contribution in [0.5, 0.6) is 5.75 Å². The summed E-state index contributed by atoms with van der Waals surface area (Å²) in [7, 11) is -3.80. The van der Waals surface area contributed by atoms with E-state index < -0.39 is 10.0 Å². The van der Waals surface area contributed by atoms with Crippen molar-refractivity contribution in [2.75, 3.05) is 10.1 Å². The highest BCUT2D eigenvalue weighted by molar-refractivity contribution is 7.92. The minimum absolute atomic E-state index is 0.0529. The van der Waals surface area contributed by atoms with Crippen LogP contribution in [0.15, 0.2) is 64.6 Å². The summed E-state index contributed by atoms with van der Waals surface area (Å²) in [5.74, 6) is 0.453. The van der Waals surface area contributed by atoms with Gasteiger partial charge in [-0.3, -0.25) is 5.43 Å². The number of benzene rings is 2. The first-order chi connectivity index (χ1) is 13.3. The van der Waals surface area contributed by atoms with Crippen molar-refractivity contribution in [3.63, 3.8) is 0 Å². The molecule has 0 bridgehead atoms. The number of phenolic OH excluding ortho intramolecular Hbond substituents is 1. The van der Waals surface area contributed by atoms with E-state index >= 15 is 0 Å². The van der Waals surface area contributed by atoms with Crippen LogP contribution in [0.3, 0.4) is 0 Å². The van der Waals surface area contributed by atoms with Gasteiger partial charge in [0.2, 0.25) is 5.95 Å². The van der Waals surface area contributed by atoms with E-state index in [-0.39, 0.29) is 16.6 Å². The molecule has 0 saturated heterocycles. The second-order valence-corrected chi connectivity index (χ2v) is 7.78. The van der Waals surface area contributed by atoms with Crippen LogP contribution >= 0.6 is 0 Å². The van der Waals surface area contributed by atoms with E-state index in [0.29, 0.717) is 11.5 Å². The Balaban J connectivity index is 1.75. The molecule has 0 radical (unpaired) electrons. The van der Waals surface area contributed by atoms with E-state index in [1.165, 1.54) is 12.1 Å². The number of aromatic nitrogens is 2. The second kappa shape index (κ2) is 8.05. The van der Waals surface area contributed by atoms with Crippen LogP contribution in [-0.2, 0) is 10.0 Å². The fourth-order valence-electron chi connectivity index (χ4n) is 2.30. The van der Waals surface area contributed by atoms with Gasteiger partial charge in [0, 0.05) is 11.8 Å². The van der Waals surface area contributed by atoms with Crippen molar-refractivity contribution in [3.8, 4) is 5.75 Å². The third-order valence-corrected chi connectivity index (χ3v) is 5.04. The Labute approximate surface area is 163 Å². The summed E-state index contributed by atoms with van der Waals surface area (Å²) in [4.78, 5) is 8.39. The Kier molecular flexibility index (Phi) is 5.55. The van der Waals surface area contributed by atoms with Gasteiger partial charge in [0.05, 0.1) is 11.1 Å². The number of hydrazone groups is 1. The van der Waals surface area contributed by atoms with E-state index in [2.05, 4.69) is 25.2 Å². The third kappa shape index (κ3) is 5.04. The van der Waals surface area contributed by atoms with E-state index in [1.54, 1.807) is 55.6 Å². The zero-order valence-electron chi connectivity index (χ0n) is 15.3. The number of hydrogen-bond donors (Lipinski definition) is 3. The van der Waals surface area contributed by atoms with Gasteiger partial charge in [0.1, 0.15) is 5.75 Å². The Bertz CT molecular complexity index is 1100. The SMILES string of the molecule is Cc1ccc(S(=O)(=O)Nc2nc(C)cc(N/N=C\c3ccc(O)cc3)n2)cc1. The van der Waals surface area contributed by atoms with E-state index in [4.69, 9.17) is 0 Å². The molecule has 0 aliphatic carbocycles. The normalized spacial score (nSPS) is 11.5. The average Bonchev–Trinajstić information content (AvgIpc) is 2.63. The number of anilines is 2. The molecule has 0 unspecified atom stereocenters. The number of nitrogens with one attached hydrogen (secondary N) is 2. The molecular weight excluding hydrogens is 378 g/mol. The summed E-state index contributed by atoms with van der Waals surface area (Å²) < 4.78 is 27.4. The molecular formula is C19H19N5O3S. The van der Waals surface area contributed by atoms with Gasteiger partial charge in [0.25, 0.3) is 10.0 Å². The van der Waals surface area contributed by atoms with Crippen LogP contribution < -0.4 is 10.1 Å². The number of aromatic hydroxyl groups is 1. The van der Waals surface area contributed by atoms with E-state index in [0.717, 1.165) is 11.1 Å². The van der Waals surface area contributed by atoms with Gasteiger partial charge in [-0.25, -0.2) is 18.1 Å². The second-order valence-electron chi connectivity index (χ2n) is 6.10. The third-order valence-electron chi connectivity index (χ3n) is 3.70.